The van der Waals surface area contributed by atoms with Gasteiger partial charge in [-0.3, -0.25) is 9.59 Å². The quantitative estimate of drug-likeness (QED) is 0.770. The van der Waals surface area contributed by atoms with E-state index in [4.69, 9.17) is 0 Å². The lowest BCUT2D eigenvalue weighted by Gasteiger charge is -2.46. The zero-order valence-corrected chi connectivity index (χ0v) is 12.3. The van der Waals surface area contributed by atoms with Crippen molar-refractivity contribution in [3.05, 3.63) is 0 Å². The predicted molar refractivity (Wildman–Crippen MR) is 76.0 cm³/mol. The normalized spacial score (nSPS) is 35.7. The highest BCUT2D eigenvalue weighted by Crippen LogP contribution is 2.31. The molecule has 106 valence electrons. The van der Waals surface area contributed by atoms with E-state index in [0.717, 1.165) is 32.4 Å². The third-order valence-corrected chi connectivity index (χ3v) is 5.98. The van der Waals surface area contributed by atoms with Crippen molar-refractivity contribution >= 4 is 23.6 Å². The Balaban J connectivity index is 1.75. The maximum atomic E-state index is 12.6. The first kappa shape index (κ1) is 13.3. The molecule has 0 aromatic rings. The zero-order chi connectivity index (χ0) is 13.4. The number of carbonyl (C=O) groups excluding carboxylic acids is 2. The number of carbonyl (C=O) groups is 2. The van der Waals surface area contributed by atoms with Crippen molar-refractivity contribution in [1.29, 1.82) is 0 Å². The minimum absolute atomic E-state index is 0.160. The number of rotatable bonds is 2. The van der Waals surface area contributed by atoms with Crippen LogP contribution in [0.4, 0.5) is 0 Å². The van der Waals surface area contributed by atoms with E-state index in [1.54, 1.807) is 0 Å². The summed E-state index contributed by atoms with van der Waals surface area (Å²) in [5.41, 5.74) is 0. The van der Waals surface area contributed by atoms with Gasteiger partial charge in [0.2, 0.25) is 11.8 Å². The average molecular weight is 282 g/mol. The lowest BCUT2D eigenvalue weighted by molar-refractivity contribution is -0.162. The fourth-order valence-corrected chi connectivity index (χ4v) is 4.73. The Hall–Kier alpha value is -0.710. The molecule has 3 saturated heterocycles. The van der Waals surface area contributed by atoms with Gasteiger partial charge in [-0.05, 0) is 44.8 Å². The number of thioether (sulfide) groups is 1. The molecule has 3 heterocycles. The second kappa shape index (κ2) is 5.35. The largest absolute Gasteiger partial charge is 0.329 e. The molecule has 2 amide bonds. The van der Waals surface area contributed by atoms with Crippen LogP contribution in [0.2, 0.25) is 0 Å². The van der Waals surface area contributed by atoms with Crippen molar-refractivity contribution in [3.8, 4) is 0 Å². The fraction of sp³-hybridized carbons (Fsp3) is 0.857. The van der Waals surface area contributed by atoms with Gasteiger partial charge in [-0.15, -0.1) is 0 Å². The van der Waals surface area contributed by atoms with Crippen LogP contribution < -0.4 is 0 Å². The highest BCUT2D eigenvalue weighted by Gasteiger charge is 2.45. The molecule has 3 fully saturated rings. The highest BCUT2D eigenvalue weighted by molar-refractivity contribution is 8.00. The number of nitrogens with zero attached hydrogens (tertiary/aromatic N) is 2. The third-order valence-electron chi connectivity index (χ3n) is 4.60. The van der Waals surface area contributed by atoms with E-state index in [2.05, 4.69) is 0 Å². The second-order valence-corrected chi connectivity index (χ2v) is 7.25. The molecule has 0 saturated carbocycles. The first-order chi connectivity index (χ1) is 9.18. The maximum absolute atomic E-state index is 12.6. The molecule has 0 radical (unpaired) electrons. The van der Waals surface area contributed by atoms with E-state index in [1.165, 1.54) is 18.6 Å². The monoisotopic (exact) mass is 282 g/mol. The molecule has 0 aliphatic carbocycles. The summed E-state index contributed by atoms with van der Waals surface area (Å²) in [4.78, 5) is 28.7. The molecule has 0 aromatic carbocycles. The van der Waals surface area contributed by atoms with Gasteiger partial charge >= 0.3 is 0 Å². The second-order valence-electron chi connectivity index (χ2n) is 5.84. The predicted octanol–water partition coefficient (Wildman–Crippen LogP) is 1.49. The van der Waals surface area contributed by atoms with Crippen LogP contribution in [0.3, 0.4) is 0 Å². The number of piperazine rings is 1. The van der Waals surface area contributed by atoms with Crippen molar-refractivity contribution in [2.24, 2.45) is 0 Å². The molecule has 3 unspecified atom stereocenters. The Morgan fingerprint density at radius 2 is 2.00 bits per heavy atom. The fourth-order valence-electron chi connectivity index (χ4n) is 3.46. The molecule has 3 atom stereocenters. The number of hydrogen-bond acceptors (Lipinski definition) is 3. The van der Waals surface area contributed by atoms with E-state index in [9.17, 15) is 9.59 Å². The standard InChI is InChI=1S/C14H22N2O2S/c1-10-13(17)15-7-3-2-6-12(15)14(18)16(10)9-11-5-4-8-19-11/h10-12H,2-9H2,1H3. The van der Waals surface area contributed by atoms with Crippen molar-refractivity contribution in [2.45, 2.75) is 56.4 Å². The Morgan fingerprint density at radius 3 is 2.74 bits per heavy atom. The molecule has 19 heavy (non-hydrogen) atoms. The summed E-state index contributed by atoms with van der Waals surface area (Å²) >= 11 is 1.95. The molecule has 3 rings (SSSR count). The van der Waals surface area contributed by atoms with Crippen molar-refractivity contribution in [3.63, 3.8) is 0 Å². The van der Waals surface area contributed by atoms with Gasteiger partial charge in [0.05, 0.1) is 0 Å². The minimum atomic E-state index is -0.261. The van der Waals surface area contributed by atoms with Gasteiger partial charge < -0.3 is 9.80 Å². The molecule has 0 bridgehead atoms. The SMILES string of the molecule is CC1C(=O)N2CCCCC2C(=O)N1CC1CCCS1. The summed E-state index contributed by atoms with van der Waals surface area (Å²) in [6.07, 6.45) is 5.39. The third kappa shape index (κ3) is 2.37. The molecular formula is C14H22N2O2S. The first-order valence-corrected chi connectivity index (χ1v) is 8.46. The summed E-state index contributed by atoms with van der Waals surface area (Å²) in [6.45, 7) is 3.43. The van der Waals surface area contributed by atoms with Gasteiger partial charge in [-0.1, -0.05) is 0 Å². The van der Waals surface area contributed by atoms with Crippen molar-refractivity contribution < 1.29 is 9.59 Å². The van der Waals surface area contributed by atoms with Gasteiger partial charge in [0, 0.05) is 18.3 Å². The van der Waals surface area contributed by atoms with E-state index < -0.39 is 0 Å². The Kier molecular flexibility index (Phi) is 3.74. The van der Waals surface area contributed by atoms with E-state index in [1.807, 2.05) is 28.5 Å². The number of hydrogen-bond donors (Lipinski definition) is 0. The smallest absolute Gasteiger partial charge is 0.246 e. The van der Waals surface area contributed by atoms with Crippen LogP contribution in [0.1, 0.15) is 39.0 Å². The summed E-state index contributed by atoms with van der Waals surface area (Å²) in [5.74, 6) is 1.55. The molecule has 0 N–H and O–H groups in total. The highest BCUT2D eigenvalue weighted by atomic mass is 32.2. The van der Waals surface area contributed by atoms with Crippen LogP contribution in [0.25, 0.3) is 0 Å². The van der Waals surface area contributed by atoms with Crippen LogP contribution in [0.15, 0.2) is 0 Å². The van der Waals surface area contributed by atoms with Gasteiger partial charge in [-0.2, -0.15) is 11.8 Å². The summed E-state index contributed by atoms with van der Waals surface area (Å²) < 4.78 is 0. The van der Waals surface area contributed by atoms with Crippen LogP contribution in [-0.2, 0) is 9.59 Å². The molecule has 0 aromatic heterocycles. The van der Waals surface area contributed by atoms with Crippen LogP contribution in [0.5, 0.6) is 0 Å². The maximum Gasteiger partial charge on any atom is 0.246 e. The molecule has 5 heteroatoms. The van der Waals surface area contributed by atoms with Gasteiger partial charge in [0.15, 0.2) is 0 Å². The summed E-state index contributed by atoms with van der Waals surface area (Å²) in [7, 11) is 0. The Bertz CT molecular complexity index is 382. The Labute approximate surface area is 118 Å². The molecule has 3 aliphatic rings. The van der Waals surface area contributed by atoms with E-state index >= 15 is 0 Å². The van der Waals surface area contributed by atoms with Crippen LogP contribution in [-0.4, -0.2) is 57.8 Å². The van der Waals surface area contributed by atoms with Crippen LogP contribution in [0, 0.1) is 0 Å². The summed E-state index contributed by atoms with van der Waals surface area (Å²) in [5, 5.41) is 0.536. The van der Waals surface area contributed by atoms with E-state index in [0.29, 0.717) is 5.25 Å². The molecule has 4 nitrogen and oxygen atoms in total. The van der Waals surface area contributed by atoms with Gasteiger partial charge in [-0.25, -0.2) is 0 Å². The Morgan fingerprint density at radius 1 is 1.16 bits per heavy atom. The lowest BCUT2D eigenvalue weighted by atomic mass is 9.95. The lowest BCUT2D eigenvalue weighted by Crippen LogP contribution is -2.65. The van der Waals surface area contributed by atoms with Crippen molar-refractivity contribution in [1.82, 2.24) is 9.80 Å². The average Bonchev–Trinajstić information content (AvgIpc) is 2.94. The van der Waals surface area contributed by atoms with Gasteiger partial charge in [0.1, 0.15) is 12.1 Å². The minimum Gasteiger partial charge on any atom is -0.329 e. The molecule has 3 aliphatic heterocycles. The molecular weight excluding hydrogens is 260 g/mol. The summed E-state index contributed by atoms with van der Waals surface area (Å²) in [6, 6.07) is -0.424. The first-order valence-electron chi connectivity index (χ1n) is 7.41. The van der Waals surface area contributed by atoms with Gasteiger partial charge in [0.25, 0.3) is 0 Å². The number of amides is 2. The zero-order valence-electron chi connectivity index (χ0n) is 11.5. The molecule has 0 spiro atoms. The van der Waals surface area contributed by atoms with Crippen molar-refractivity contribution in [2.75, 3.05) is 18.8 Å². The number of fused-ring (bicyclic) bond motifs is 1. The van der Waals surface area contributed by atoms with E-state index in [-0.39, 0.29) is 23.9 Å². The van der Waals surface area contributed by atoms with Crippen LogP contribution >= 0.6 is 11.8 Å². The number of piperidine rings is 1. The topological polar surface area (TPSA) is 40.6 Å².